The van der Waals surface area contributed by atoms with Crippen LogP contribution < -0.4 is 5.49 Å². The van der Waals surface area contributed by atoms with Gasteiger partial charge in [0.2, 0.25) is 0 Å². The first-order valence-corrected chi connectivity index (χ1v) is 5.93. The average Bonchev–Trinajstić information content (AvgIpc) is 2.19. The first-order chi connectivity index (χ1) is 7.72. The second kappa shape index (κ2) is 4.64. The van der Waals surface area contributed by atoms with Crippen molar-refractivity contribution >= 4 is 5.78 Å². The highest BCUT2D eigenvalue weighted by molar-refractivity contribution is 5.98. The fraction of sp³-hybridized carbons (Fsp3) is 0.538. The number of pyridine rings is 1. The molecule has 0 amide bonds. The Bertz CT molecular complexity index is 455. The molecule has 0 unspecified atom stereocenters. The number of carbonyl (C=O) groups is 1. The Morgan fingerprint density at radius 1 is 1.56 bits per heavy atom. The van der Waals surface area contributed by atoms with E-state index >= 15 is 0 Å². The summed E-state index contributed by atoms with van der Waals surface area (Å²) < 4.78 is 1.95. The van der Waals surface area contributed by atoms with Crippen molar-refractivity contribution in [1.82, 2.24) is 4.57 Å². The minimum absolute atomic E-state index is 0.266. The van der Waals surface area contributed by atoms with Crippen LogP contribution in [0.4, 0.5) is 0 Å². The zero-order valence-corrected chi connectivity index (χ0v) is 9.94. The van der Waals surface area contributed by atoms with Gasteiger partial charge in [-0.05, 0) is 31.9 Å². The predicted octanol–water partition coefficient (Wildman–Crippen LogP) is 1.93. The molecule has 0 N–H and O–H groups in total. The molecule has 0 atom stereocenters. The average molecular weight is 218 g/mol. The van der Waals surface area contributed by atoms with Crippen molar-refractivity contribution in [2.45, 2.75) is 26.2 Å². The highest BCUT2D eigenvalue weighted by Gasteiger charge is 2.26. The van der Waals surface area contributed by atoms with Crippen LogP contribution in [-0.2, 0) is 7.05 Å². The van der Waals surface area contributed by atoms with Crippen LogP contribution in [0, 0.1) is 5.92 Å². The summed E-state index contributed by atoms with van der Waals surface area (Å²) in [7, 11) is 1.95. The highest BCUT2D eigenvalue weighted by atomic mass is 16.1. The lowest BCUT2D eigenvalue weighted by atomic mass is 9.80. The summed E-state index contributed by atoms with van der Waals surface area (Å²) in [5.74, 6) is 0.557. The van der Waals surface area contributed by atoms with E-state index in [1.54, 1.807) is 0 Å². The molecule has 0 aliphatic heterocycles. The number of aryl methyl sites for hydroxylation is 1. The molecule has 1 saturated carbocycles. The number of rotatable bonds is 3. The molecule has 0 saturated heterocycles. The molecule has 16 heavy (non-hydrogen) atoms. The quantitative estimate of drug-likeness (QED) is 0.714. The van der Waals surface area contributed by atoms with Gasteiger partial charge in [0.15, 0.2) is 5.78 Å². The van der Waals surface area contributed by atoms with Gasteiger partial charge in [0.05, 0.1) is 0 Å². The molecule has 86 valence electrons. The molecule has 1 aliphatic carbocycles. The number of carbonyl (C=O) groups excluding carboxylic acids is 1. The number of aromatic nitrogens is 1. The monoisotopic (exact) mass is 218 g/mol. The lowest BCUT2D eigenvalue weighted by Crippen LogP contribution is -2.25. The number of hydrogen-bond acceptors (Lipinski definition) is 2. The molecule has 3 heteroatoms. The van der Waals surface area contributed by atoms with Gasteiger partial charge in [0.25, 0.3) is 0 Å². The Morgan fingerprint density at radius 2 is 2.31 bits per heavy atom. The molecule has 0 radical (unpaired) electrons. The van der Waals surface area contributed by atoms with Crippen molar-refractivity contribution in [3.05, 3.63) is 29.4 Å². The molecule has 2 rings (SSSR count). The third kappa shape index (κ3) is 2.08. The second-order valence-electron chi connectivity index (χ2n) is 4.35. The minimum Gasteiger partial charge on any atom is -0.336 e. The second-order valence-corrected chi connectivity index (χ2v) is 4.35. The Balaban J connectivity index is 2.31. The maximum absolute atomic E-state index is 12.0. The molecular formula is C13H18N2O. The van der Waals surface area contributed by atoms with Gasteiger partial charge >= 0.3 is 0 Å². The third-order valence-corrected chi connectivity index (χ3v) is 3.20. The smallest absolute Gasteiger partial charge is 0.166 e. The fourth-order valence-corrected chi connectivity index (χ4v) is 1.94. The van der Waals surface area contributed by atoms with Crippen LogP contribution in [0.25, 0.3) is 0 Å². The zero-order valence-electron chi connectivity index (χ0n) is 9.94. The van der Waals surface area contributed by atoms with Crippen molar-refractivity contribution in [3.8, 4) is 0 Å². The summed E-state index contributed by atoms with van der Waals surface area (Å²) in [6, 6.07) is 3.81. The maximum Gasteiger partial charge on any atom is 0.166 e. The molecule has 1 aliphatic rings. The molecule has 0 bridgehead atoms. The third-order valence-electron chi connectivity index (χ3n) is 3.20. The molecule has 0 spiro atoms. The Labute approximate surface area is 95.8 Å². The summed E-state index contributed by atoms with van der Waals surface area (Å²) >= 11 is 0. The van der Waals surface area contributed by atoms with Crippen LogP contribution in [-0.4, -0.2) is 16.9 Å². The molecule has 1 aromatic rings. The lowest BCUT2D eigenvalue weighted by Gasteiger charge is -2.23. The number of Topliss-reactive ketones (excluding diaryl/α,β-unsaturated/α-hetero) is 1. The van der Waals surface area contributed by atoms with E-state index in [-0.39, 0.29) is 5.92 Å². The zero-order chi connectivity index (χ0) is 11.5. The van der Waals surface area contributed by atoms with Gasteiger partial charge in [0, 0.05) is 31.3 Å². The van der Waals surface area contributed by atoms with E-state index < -0.39 is 0 Å². The van der Waals surface area contributed by atoms with Gasteiger partial charge < -0.3 is 4.57 Å². The van der Waals surface area contributed by atoms with Crippen molar-refractivity contribution in [2.24, 2.45) is 18.0 Å². The fourth-order valence-electron chi connectivity index (χ4n) is 1.94. The van der Waals surface area contributed by atoms with E-state index in [1.807, 2.05) is 36.9 Å². The van der Waals surface area contributed by atoms with Gasteiger partial charge in [-0.1, -0.05) is 6.42 Å². The normalized spacial score (nSPS) is 17.2. The van der Waals surface area contributed by atoms with Crippen LogP contribution in [0.5, 0.6) is 0 Å². The largest absolute Gasteiger partial charge is 0.336 e. The molecule has 1 fully saturated rings. The van der Waals surface area contributed by atoms with E-state index in [0.717, 1.165) is 30.4 Å². The van der Waals surface area contributed by atoms with Gasteiger partial charge in [-0.2, -0.15) is 0 Å². The highest BCUT2D eigenvalue weighted by Crippen LogP contribution is 2.29. The van der Waals surface area contributed by atoms with Crippen LogP contribution >= 0.6 is 0 Å². The molecule has 1 aromatic heterocycles. The molecule has 3 nitrogen and oxygen atoms in total. The van der Waals surface area contributed by atoms with Crippen LogP contribution in [0.3, 0.4) is 0 Å². The van der Waals surface area contributed by atoms with Gasteiger partial charge in [-0.3, -0.25) is 9.79 Å². The summed E-state index contributed by atoms with van der Waals surface area (Å²) in [4.78, 5) is 16.4. The van der Waals surface area contributed by atoms with Gasteiger partial charge in [-0.15, -0.1) is 0 Å². The van der Waals surface area contributed by atoms with E-state index in [0.29, 0.717) is 5.78 Å². The van der Waals surface area contributed by atoms with E-state index in [4.69, 9.17) is 0 Å². The standard InChI is InChI=1S/C13H18N2O/c1-3-14-12-9-11(7-8-15(12)2)13(16)10-5-4-6-10/h7-10H,3-6H2,1-2H3/b14-12-. The lowest BCUT2D eigenvalue weighted by molar-refractivity contribution is 0.0855. The molecule has 1 heterocycles. The number of hydrogen-bond donors (Lipinski definition) is 0. The first kappa shape index (κ1) is 11.1. The minimum atomic E-state index is 0.266. The summed E-state index contributed by atoms with van der Waals surface area (Å²) in [5, 5.41) is 0. The predicted molar refractivity (Wildman–Crippen MR) is 63.2 cm³/mol. The van der Waals surface area contributed by atoms with Gasteiger partial charge in [-0.25, -0.2) is 0 Å². The van der Waals surface area contributed by atoms with E-state index in [2.05, 4.69) is 4.99 Å². The van der Waals surface area contributed by atoms with Crippen molar-refractivity contribution < 1.29 is 4.79 Å². The van der Waals surface area contributed by atoms with Crippen molar-refractivity contribution in [3.63, 3.8) is 0 Å². The maximum atomic E-state index is 12.0. The Kier molecular flexibility index (Phi) is 3.22. The first-order valence-electron chi connectivity index (χ1n) is 5.93. The van der Waals surface area contributed by atoms with Crippen molar-refractivity contribution in [1.29, 1.82) is 0 Å². The van der Waals surface area contributed by atoms with Crippen LogP contribution in [0.2, 0.25) is 0 Å². The molecule has 0 aromatic carbocycles. The van der Waals surface area contributed by atoms with Crippen molar-refractivity contribution in [2.75, 3.05) is 6.54 Å². The van der Waals surface area contributed by atoms with E-state index in [1.165, 1.54) is 6.42 Å². The summed E-state index contributed by atoms with van der Waals surface area (Å²) in [6.45, 7) is 2.75. The summed E-state index contributed by atoms with van der Waals surface area (Å²) in [6.07, 6.45) is 5.23. The van der Waals surface area contributed by atoms with E-state index in [9.17, 15) is 4.79 Å². The number of nitrogens with zero attached hydrogens (tertiary/aromatic N) is 2. The number of ketones is 1. The molecular weight excluding hydrogens is 200 g/mol. The SMILES string of the molecule is CC/N=c1/cc(C(=O)C2CCC2)ccn1C. The Hall–Kier alpha value is -1.38. The topological polar surface area (TPSA) is 34.4 Å². The Morgan fingerprint density at radius 3 is 2.88 bits per heavy atom. The van der Waals surface area contributed by atoms with Crippen LogP contribution in [0.15, 0.2) is 23.3 Å². The van der Waals surface area contributed by atoms with Gasteiger partial charge in [0.1, 0.15) is 5.49 Å². The summed E-state index contributed by atoms with van der Waals surface area (Å²) in [5.41, 5.74) is 1.70. The van der Waals surface area contributed by atoms with Crippen LogP contribution in [0.1, 0.15) is 36.5 Å².